The van der Waals surface area contributed by atoms with Crippen molar-refractivity contribution in [2.24, 2.45) is 0 Å². The summed E-state index contributed by atoms with van der Waals surface area (Å²) in [4.78, 5) is 0. The maximum atomic E-state index is 0. The molecule has 0 aliphatic rings. The summed E-state index contributed by atoms with van der Waals surface area (Å²) in [7, 11) is 0. The molecule has 0 aromatic rings. The van der Waals surface area contributed by atoms with Gasteiger partial charge in [-0.15, -0.1) is 0 Å². The molecule has 0 N–H and O–H groups in total. The first kappa shape index (κ1) is 77.3. The van der Waals surface area contributed by atoms with Crippen molar-refractivity contribution in [2.75, 3.05) is 0 Å². The third-order valence-electron chi connectivity index (χ3n) is 0. The Hall–Kier alpha value is 1.03. The van der Waals surface area contributed by atoms with Gasteiger partial charge in [-0.05, 0) is 0 Å². The summed E-state index contributed by atoms with van der Waals surface area (Å²) in [5.74, 6) is 0. The minimum absolute atomic E-state index is 0. The van der Waals surface area contributed by atoms with Crippen LogP contribution in [0.5, 0.6) is 0 Å². The normalized spacial score (nSPS) is 0. The van der Waals surface area contributed by atoms with E-state index >= 15 is 0 Å². The molecular formula is CBCrP. The van der Waals surface area contributed by atoms with Gasteiger partial charge in [0.1, 0.15) is 0 Å². The molecule has 0 aromatic heterocycles. The summed E-state index contributed by atoms with van der Waals surface area (Å²) in [6.07, 6.45) is 0. The van der Waals surface area contributed by atoms with Crippen LogP contribution in [0, 0.1) is 7.43 Å². The zero-order valence-electron chi connectivity index (χ0n) is 1.93. The molecule has 10 radical (unpaired) electrons. The van der Waals surface area contributed by atoms with Gasteiger partial charge >= 0.3 is 0 Å². The number of hydrogen-bond donors (Lipinski definition) is 0. The Bertz CT molecular complexity index is 8.00. The number of hydrogen-bond acceptors (Lipinski definition) is 0. The largest absolute Gasteiger partial charge is 0 e. The maximum absolute atomic E-state index is 0. The van der Waals surface area contributed by atoms with Gasteiger partial charge in [0.2, 0.25) is 0 Å². The third-order valence-corrected chi connectivity index (χ3v) is 0. The van der Waals surface area contributed by atoms with Crippen molar-refractivity contribution in [3.8, 4) is 0 Å². The maximum Gasteiger partial charge on any atom is 0 e. The molecule has 0 aromatic carbocycles. The summed E-state index contributed by atoms with van der Waals surface area (Å²) in [6.45, 7) is 0. The van der Waals surface area contributed by atoms with Crippen LogP contribution in [0.4, 0.5) is 0 Å². The molecule has 3 heteroatoms. The molecule has 0 aliphatic heterocycles. The average Bonchev–Trinajstić information content (AvgIpc) is 0. The monoisotopic (exact) mass is 106 g/mol. The van der Waals surface area contributed by atoms with Gasteiger partial charge < -0.3 is 0 Å². The predicted octanol–water partition coefficient (Wildman–Crippen LogP) is 0.559. The SMILES string of the molecule is [B].[C].[Cr].[P]. The molecule has 4 heavy (non-hydrogen) atoms. The van der Waals surface area contributed by atoms with Crippen LogP contribution in [-0.2, 0) is 17.4 Å². The van der Waals surface area contributed by atoms with Crippen molar-refractivity contribution in [1.82, 2.24) is 0 Å². The van der Waals surface area contributed by atoms with Crippen molar-refractivity contribution in [3.05, 3.63) is 7.43 Å². The Morgan fingerprint density at radius 3 is 1.00 bits per heavy atom. The molecule has 0 saturated carbocycles. The second-order valence-corrected chi connectivity index (χ2v) is 0. The summed E-state index contributed by atoms with van der Waals surface area (Å²) in [5, 5.41) is 0. The van der Waals surface area contributed by atoms with Crippen LogP contribution < -0.4 is 0 Å². The van der Waals surface area contributed by atoms with Crippen molar-refractivity contribution < 1.29 is 17.4 Å². The summed E-state index contributed by atoms with van der Waals surface area (Å²) >= 11 is 0. The van der Waals surface area contributed by atoms with E-state index in [9.17, 15) is 0 Å². The van der Waals surface area contributed by atoms with Crippen LogP contribution in [0.1, 0.15) is 0 Å². The second kappa shape index (κ2) is 35.0. The van der Waals surface area contributed by atoms with E-state index < -0.39 is 0 Å². The van der Waals surface area contributed by atoms with Crippen LogP contribution in [-0.4, -0.2) is 8.41 Å². The first-order valence-corrected chi connectivity index (χ1v) is 0. The van der Waals surface area contributed by atoms with Crippen LogP contribution in [0.15, 0.2) is 0 Å². The molecule has 0 saturated heterocycles. The molecule has 0 spiro atoms. The van der Waals surface area contributed by atoms with Gasteiger partial charge in [-0.2, -0.15) is 0 Å². The van der Waals surface area contributed by atoms with E-state index in [1.807, 2.05) is 0 Å². The molecule has 0 rings (SSSR count). The van der Waals surface area contributed by atoms with Crippen LogP contribution in [0.3, 0.4) is 0 Å². The van der Waals surface area contributed by atoms with Gasteiger partial charge in [0.25, 0.3) is 0 Å². The standard InChI is InChI=1S/C.B.Cr.P. The van der Waals surface area contributed by atoms with Crippen molar-refractivity contribution >= 4 is 18.3 Å². The quantitative estimate of drug-likeness (QED) is 0.312. The fraction of sp³-hybridized carbons (Fsp3) is 0. The Balaban J connectivity index is 0. The molecule has 0 atom stereocenters. The molecule has 0 amide bonds. The van der Waals surface area contributed by atoms with Crippen LogP contribution in [0.2, 0.25) is 0 Å². The van der Waals surface area contributed by atoms with Gasteiger partial charge in [-0.1, -0.05) is 0 Å². The molecular weight excluding hydrogens is 106 g/mol. The fourth-order valence-corrected chi connectivity index (χ4v) is 0. The minimum Gasteiger partial charge on any atom is 0 e. The molecule has 0 unspecified atom stereocenters. The van der Waals surface area contributed by atoms with Gasteiger partial charge in [-0.25, -0.2) is 0 Å². The van der Waals surface area contributed by atoms with E-state index in [1.54, 1.807) is 0 Å². The van der Waals surface area contributed by atoms with Crippen molar-refractivity contribution in [2.45, 2.75) is 0 Å². The Morgan fingerprint density at radius 1 is 1.00 bits per heavy atom. The number of rotatable bonds is 0. The predicted molar refractivity (Wildman–Crippen MR) is 15.9 cm³/mol. The van der Waals surface area contributed by atoms with Gasteiger partial charge in [0.05, 0.1) is 0 Å². The van der Waals surface area contributed by atoms with E-state index in [-0.39, 0.29) is 43.1 Å². The molecule has 0 fully saturated rings. The van der Waals surface area contributed by atoms with Crippen molar-refractivity contribution in [3.63, 3.8) is 0 Å². The Labute approximate surface area is 43.7 Å². The Morgan fingerprint density at radius 2 is 1.00 bits per heavy atom. The summed E-state index contributed by atoms with van der Waals surface area (Å²) in [5.41, 5.74) is 0. The van der Waals surface area contributed by atoms with Crippen LogP contribution in [0.25, 0.3) is 0 Å². The molecule has 0 aliphatic carbocycles. The van der Waals surface area contributed by atoms with Gasteiger partial charge in [0.15, 0.2) is 0 Å². The first-order valence-electron chi connectivity index (χ1n) is 0. The van der Waals surface area contributed by atoms with Gasteiger partial charge in [-0.3, -0.25) is 0 Å². The minimum atomic E-state index is 0. The third kappa shape index (κ3) is 11.8. The molecule has 18 valence electrons. The second-order valence-electron chi connectivity index (χ2n) is 0. The van der Waals surface area contributed by atoms with E-state index in [4.69, 9.17) is 0 Å². The van der Waals surface area contributed by atoms with E-state index in [0.717, 1.165) is 0 Å². The average molecular weight is 106 g/mol. The van der Waals surface area contributed by atoms with E-state index in [0.29, 0.717) is 0 Å². The summed E-state index contributed by atoms with van der Waals surface area (Å²) in [6, 6.07) is 0. The zero-order chi connectivity index (χ0) is 0. The topological polar surface area (TPSA) is 0 Å². The van der Waals surface area contributed by atoms with Crippen LogP contribution >= 0.6 is 9.90 Å². The first-order chi connectivity index (χ1) is 0. The fourth-order valence-electron chi connectivity index (χ4n) is 0. The zero-order valence-corrected chi connectivity index (χ0v) is 4.10. The smallest absolute Gasteiger partial charge is 0 e. The molecule has 0 nitrogen and oxygen atoms in total. The Kier molecular flexibility index (Phi) is 675. The van der Waals surface area contributed by atoms with Gasteiger partial charge in [0, 0.05) is 43.1 Å². The molecule has 0 heterocycles. The van der Waals surface area contributed by atoms with E-state index in [1.165, 1.54) is 0 Å². The molecule has 0 bridgehead atoms. The van der Waals surface area contributed by atoms with Crippen molar-refractivity contribution in [1.29, 1.82) is 0 Å². The summed E-state index contributed by atoms with van der Waals surface area (Å²) < 4.78 is 0. The van der Waals surface area contributed by atoms with E-state index in [2.05, 4.69) is 0 Å².